The highest BCUT2D eigenvalue weighted by Crippen LogP contribution is 2.23. The fourth-order valence-electron chi connectivity index (χ4n) is 3.01. The van der Waals surface area contributed by atoms with Gasteiger partial charge in [-0.3, -0.25) is 9.10 Å². The number of carbonyl (C=O) groups excluding carboxylic acids is 1. The Morgan fingerprint density at radius 2 is 1.74 bits per heavy atom. The highest BCUT2D eigenvalue weighted by atomic mass is 32.2. The maximum absolute atomic E-state index is 12.5. The van der Waals surface area contributed by atoms with E-state index in [1.165, 1.54) is 5.56 Å². The number of nitrogens with one attached hydrogen (secondary N) is 1. The molecule has 0 bridgehead atoms. The number of anilines is 1. The van der Waals surface area contributed by atoms with E-state index in [2.05, 4.69) is 12.2 Å². The van der Waals surface area contributed by atoms with Crippen LogP contribution in [0.15, 0.2) is 42.5 Å². The Morgan fingerprint density at radius 3 is 2.26 bits per heavy atom. The van der Waals surface area contributed by atoms with Crippen LogP contribution in [0.5, 0.6) is 0 Å². The number of rotatable bonds is 7. The summed E-state index contributed by atoms with van der Waals surface area (Å²) in [7, 11) is -3.59. The molecule has 2 aromatic rings. The second-order valence-corrected chi connectivity index (χ2v) is 8.85. The standard InChI is InChI=1S/C21H28N2O3S/c1-6-18-8-10-19(11-9-18)17(4)22-21(24)14-23(27(5,25)26)20-12-7-15(2)13-16(20)3/h7-13,17H,6,14H2,1-5H3,(H,22,24). The van der Waals surface area contributed by atoms with Crippen LogP contribution in [0.4, 0.5) is 5.69 Å². The predicted octanol–water partition coefficient (Wildman–Crippen LogP) is 3.51. The highest BCUT2D eigenvalue weighted by molar-refractivity contribution is 7.92. The number of benzene rings is 2. The zero-order valence-corrected chi connectivity index (χ0v) is 17.4. The molecule has 5 nitrogen and oxygen atoms in total. The fraction of sp³-hybridized carbons (Fsp3) is 0.381. The first kappa shape index (κ1) is 21.0. The van der Waals surface area contributed by atoms with Crippen molar-refractivity contribution in [1.82, 2.24) is 5.32 Å². The summed E-state index contributed by atoms with van der Waals surface area (Å²) >= 11 is 0. The fourth-order valence-corrected chi connectivity index (χ4v) is 3.92. The van der Waals surface area contributed by atoms with Crippen LogP contribution in [0.2, 0.25) is 0 Å². The molecule has 0 aromatic heterocycles. The molecule has 2 aromatic carbocycles. The van der Waals surface area contributed by atoms with E-state index in [1.54, 1.807) is 6.07 Å². The molecule has 0 radical (unpaired) electrons. The summed E-state index contributed by atoms with van der Waals surface area (Å²) in [5.41, 5.74) is 4.60. The normalized spacial score (nSPS) is 12.5. The quantitative estimate of drug-likeness (QED) is 0.789. The summed E-state index contributed by atoms with van der Waals surface area (Å²) in [6.07, 6.45) is 2.08. The zero-order valence-electron chi connectivity index (χ0n) is 16.6. The molecule has 0 aliphatic rings. The molecule has 0 aliphatic carbocycles. The Bertz CT molecular complexity index is 906. The third-order valence-electron chi connectivity index (χ3n) is 4.57. The van der Waals surface area contributed by atoms with Crippen molar-refractivity contribution < 1.29 is 13.2 Å². The van der Waals surface area contributed by atoms with Gasteiger partial charge < -0.3 is 5.32 Å². The number of hydrogen-bond donors (Lipinski definition) is 1. The lowest BCUT2D eigenvalue weighted by Crippen LogP contribution is -2.41. The number of hydrogen-bond acceptors (Lipinski definition) is 3. The first-order valence-electron chi connectivity index (χ1n) is 9.05. The van der Waals surface area contributed by atoms with Crippen molar-refractivity contribution in [2.45, 2.75) is 40.2 Å². The maximum Gasteiger partial charge on any atom is 0.241 e. The molecular weight excluding hydrogens is 360 g/mol. The van der Waals surface area contributed by atoms with Gasteiger partial charge in [0.25, 0.3) is 0 Å². The van der Waals surface area contributed by atoms with Gasteiger partial charge in [-0.05, 0) is 49.9 Å². The molecule has 0 saturated heterocycles. The van der Waals surface area contributed by atoms with E-state index in [9.17, 15) is 13.2 Å². The lowest BCUT2D eigenvalue weighted by Gasteiger charge is -2.25. The average molecular weight is 389 g/mol. The van der Waals surface area contributed by atoms with Gasteiger partial charge in [-0.1, -0.05) is 48.9 Å². The number of aryl methyl sites for hydroxylation is 3. The molecule has 1 atom stereocenters. The number of nitrogens with zero attached hydrogens (tertiary/aromatic N) is 1. The summed E-state index contributed by atoms with van der Waals surface area (Å²) in [5, 5.41) is 2.89. The van der Waals surface area contributed by atoms with Crippen LogP contribution in [0.25, 0.3) is 0 Å². The Balaban J connectivity index is 2.16. The second-order valence-electron chi connectivity index (χ2n) is 6.94. The van der Waals surface area contributed by atoms with Crippen LogP contribution in [0, 0.1) is 13.8 Å². The van der Waals surface area contributed by atoms with E-state index >= 15 is 0 Å². The van der Waals surface area contributed by atoms with Crippen molar-refractivity contribution in [3.8, 4) is 0 Å². The number of amides is 1. The van der Waals surface area contributed by atoms with Gasteiger partial charge in [-0.15, -0.1) is 0 Å². The minimum absolute atomic E-state index is 0.205. The van der Waals surface area contributed by atoms with Crippen LogP contribution < -0.4 is 9.62 Å². The van der Waals surface area contributed by atoms with E-state index in [0.29, 0.717) is 5.69 Å². The Hall–Kier alpha value is -2.34. The minimum atomic E-state index is -3.59. The lowest BCUT2D eigenvalue weighted by molar-refractivity contribution is -0.120. The molecule has 27 heavy (non-hydrogen) atoms. The summed E-state index contributed by atoms with van der Waals surface area (Å²) < 4.78 is 25.7. The maximum atomic E-state index is 12.5. The van der Waals surface area contributed by atoms with Gasteiger partial charge in [0, 0.05) is 0 Å². The average Bonchev–Trinajstić information content (AvgIpc) is 2.59. The van der Waals surface area contributed by atoms with Crippen LogP contribution in [-0.2, 0) is 21.2 Å². The van der Waals surface area contributed by atoms with Crippen molar-refractivity contribution in [2.75, 3.05) is 17.1 Å². The molecule has 1 N–H and O–H groups in total. The molecule has 1 unspecified atom stereocenters. The van der Waals surface area contributed by atoms with Crippen LogP contribution >= 0.6 is 0 Å². The summed E-state index contributed by atoms with van der Waals surface area (Å²) in [6, 6.07) is 13.3. The molecular formula is C21H28N2O3S. The van der Waals surface area contributed by atoms with Crippen molar-refractivity contribution in [3.63, 3.8) is 0 Å². The van der Waals surface area contributed by atoms with Crippen molar-refractivity contribution in [3.05, 3.63) is 64.7 Å². The van der Waals surface area contributed by atoms with E-state index in [-0.39, 0.29) is 18.5 Å². The van der Waals surface area contributed by atoms with Crippen molar-refractivity contribution >= 4 is 21.6 Å². The van der Waals surface area contributed by atoms with E-state index in [1.807, 2.05) is 57.2 Å². The van der Waals surface area contributed by atoms with Gasteiger partial charge in [-0.25, -0.2) is 8.42 Å². The van der Waals surface area contributed by atoms with Gasteiger partial charge >= 0.3 is 0 Å². The molecule has 1 amide bonds. The Kier molecular flexibility index (Phi) is 6.65. The molecule has 6 heteroatoms. The van der Waals surface area contributed by atoms with Gasteiger partial charge in [0.2, 0.25) is 15.9 Å². The minimum Gasteiger partial charge on any atom is -0.348 e. The summed E-state index contributed by atoms with van der Waals surface area (Å²) in [4.78, 5) is 12.5. The van der Waals surface area contributed by atoms with E-state index < -0.39 is 10.0 Å². The molecule has 0 saturated carbocycles. The second kappa shape index (κ2) is 8.57. The summed E-state index contributed by atoms with van der Waals surface area (Å²) in [6.45, 7) is 7.52. The van der Waals surface area contributed by atoms with Crippen LogP contribution in [0.3, 0.4) is 0 Å². The molecule has 0 aliphatic heterocycles. The topological polar surface area (TPSA) is 66.5 Å². The van der Waals surface area contributed by atoms with E-state index in [0.717, 1.165) is 33.7 Å². The Morgan fingerprint density at radius 1 is 1.11 bits per heavy atom. The van der Waals surface area contributed by atoms with Gasteiger partial charge in [0.1, 0.15) is 6.54 Å². The zero-order chi connectivity index (χ0) is 20.2. The smallest absolute Gasteiger partial charge is 0.241 e. The highest BCUT2D eigenvalue weighted by Gasteiger charge is 2.23. The van der Waals surface area contributed by atoms with Crippen LogP contribution in [-0.4, -0.2) is 27.1 Å². The summed E-state index contributed by atoms with van der Waals surface area (Å²) in [5.74, 6) is -0.340. The van der Waals surface area contributed by atoms with E-state index in [4.69, 9.17) is 0 Å². The first-order chi connectivity index (χ1) is 12.6. The molecule has 2 rings (SSSR count). The molecule has 0 heterocycles. The van der Waals surface area contributed by atoms with Crippen molar-refractivity contribution in [2.24, 2.45) is 0 Å². The molecule has 0 spiro atoms. The van der Waals surface area contributed by atoms with Crippen molar-refractivity contribution in [1.29, 1.82) is 0 Å². The lowest BCUT2D eigenvalue weighted by atomic mass is 10.1. The number of carbonyl (C=O) groups is 1. The van der Waals surface area contributed by atoms with Crippen LogP contribution in [0.1, 0.15) is 42.1 Å². The van der Waals surface area contributed by atoms with Gasteiger partial charge in [-0.2, -0.15) is 0 Å². The molecule has 146 valence electrons. The SMILES string of the molecule is CCc1ccc(C(C)NC(=O)CN(c2ccc(C)cc2C)S(C)(=O)=O)cc1. The molecule has 0 fully saturated rings. The predicted molar refractivity (Wildman–Crippen MR) is 110 cm³/mol. The Labute approximate surface area is 162 Å². The number of sulfonamides is 1. The first-order valence-corrected chi connectivity index (χ1v) is 10.9. The monoisotopic (exact) mass is 388 g/mol. The van der Waals surface area contributed by atoms with Gasteiger partial charge in [0.05, 0.1) is 18.0 Å². The third kappa shape index (κ3) is 5.57. The third-order valence-corrected chi connectivity index (χ3v) is 5.70. The largest absolute Gasteiger partial charge is 0.348 e. The van der Waals surface area contributed by atoms with Gasteiger partial charge in [0.15, 0.2) is 0 Å².